The zero-order valence-corrected chi connectivity index (χ0v) is 11.0. The van der Waals surface area contributed by atoms with Crippen molar-refractivity contribution in [2.24, 2.45) is 0 Å². The molecule has 2 N–H and O–H groups in total. The number of hydrogen-bond donors (Lipinski definition) is 2. The molecule has 0 saturated heterocycles. The number of hydroxylamine groups is 1. The quantitative estimate of drug-likeness (QED) is 0.525. The minimum atomic E-state index is 0.197. The van der Waals surface area contributed by atoms with E-state index in [1.807, 2.05) is 6.07 Å². The minimum Gasteiger partial charge on any atom is -0.508 e. The molecule has 0 fully saturated rings. The van der Waals surface area contributed by atoms with E-state index in [2.05, 4.69) is 6.92 Å². The Morgan fingerprint density at radius 1 is 1.22 bits per heavy atom. The van der Waals surface area contributed by atoms with E-state index in [0.29, 0.717) is 13.2 Å². The lowest BCUT2D eigenvalue weighted by molar-refractivity contribution is 0.103. The molecule has 0 aliphatic carbocycles. The van der Waals surface area contributed by atoms with Crippen molar-refractivity contribution >= 4 is 5.69 Å². The molecule has 0 aliphatic heterocycles. The Morgan fingerprint density at radius 2 is 2.06 bits per heavy atom. The molecule has 1 aromatic carbocycles. The van der Waals surface area contributed by atoms with Crippen LogP contribution in [-0.2, 0) is 4.84 Å². The Balaban J connectivity index is 2.57. The van der Waals surface area contributed by atoms with Gasteiger partial charge in [-0.2, -0.15) is 0 Å². The van der Waals surface area contributed by atoms with Gasteiger partial charge < -0.3 is 10.2 Å². The highest BCUT2D eigenvalue weighted by Crippen LogP contribution is 2.21. The lowest BCUT2D eigenvalue weighted by Gasteiger charge is -2.24. The summed E-state index contributed by atoms with van der Waals surface area (Å²) in [4.78, 5) is 5.71. The van der Waals surface area contributed by atoms with Gasteiger partial charge in [0.2, 0.25) is 0 Å². The topological polar surface area (TPSA) is 52.9 Å². The molecule has 0 bridgehead atoms. The molecule has 18 heavy (non-hydrogen) atoms. The van der Waals surface area contributed by atoms with Crippen LogP contribution in [0.2, 0.25) is 0 Å². The van der Waals surface area contributed by atoms with Gasteiger partial charge in [0.25, 0.3) is 0 Å². The number of unbranched alkanes of at least 4 members (excludes halogenated alkanes) is 2. The van der Waals surface area contributed by atoms with Crippen LogP contribution in [-0.4, -0.2) is 30.0 Å². The predicted octanol–water partition coefficient (Wildman–Crippen LogP) is 2.70. The molecule has 0 atom stereocenters. The van der Waals surface area contributed by atoms with Crippen LogP contribution in [0, 0.1) is 0 Å². The summed E-state index contributed by atoms with van der Waals surface area (Å²) in [7, 11) is 0. The molecule has 4 heteroatoms. The second kappa shape index (κ2) is 8.78. The molecule has 0 unspecified atom stereocenters. The number of phenols is 1. The van der Waals surface area contributed by atoms with Gasteiger partial charge >= 0.3 is 0 Å². The van der Waals surface area contributed by atoms with Crippen molar-refractivity contribution in [1.29, 1.82) is 0 Å². The van der Waals surface area contributed by atoms with Crippen LogP contribution in [0.1, 0.15) is 32.6 Å². The standard InChI is InChI=1S/C14H23NO3/c1-2-3-11-18-15(9-4-5-10-16)13-7-6-8-14(17)12-13/h6-8,12,16-17H,2-5,9-11H2,1H3. The molecule has 4 nitrogen and oxygen atoms in total. The zero-order chi connectivity index (χ0) is 13.2. The summed E-state index contributed by atoms with van der Waals surface area (Å²) in [5, 5.41) is 20.1. The monoisotopic (exact) mass is 253 g/mol. The number of phenolic OH excluding ortho intramolecular Hbond substituents is 1. The van der Waals surface area contributed by atoms with Crippen molar-refractivity contribution in [1.82, 2.24) is 0 Å². The van der Waals surface area contributed by atoms with E-state index >= 15 is 0 Å². The maximum absolute atomic E-state index is 9.48. The van der Waals surface area contributed by atoms with Gasteiger partial charge in [0.15, 0.2) is 0 Å². The third kappa shape index (κ3) is 5.38. The summed E-state index contributed by atoms with van der Waals surface area (Å²) in [6, 6.07) is 7.03. The normalized spacial score (nSPS) is 10.6. The Labute approximate surface area is 109 Å². The average Bonchev–Trinajstić information content (AvgIpc) is 2.37. The summed E-state index contributed by atoms with van der Waals surface area (Å²) in [6.07, 6.45) is 3.71. The number of benzene rings is 1. The molecule has 1 aromatic rings. The van der Waals surface area contributed by atoms with E-state index in [-0.39, 0.29) is 12.4 Å². The summed E-state index contributed by atoms with van der Waals surface area (Å²) < 4.78 is 0. The second-order valence-corrected chi connectivity index (χ2v) is 4.24. The van der Waals surface area contributed by atoms with Gasteiger partial charge in [-0.15, -0.1) is 0 Å². The summed E-state index contributed by atoms with van der Waals surface area (Å²) in [6.45, 7) is 3.70. The number of nitrogens with zero attached hydrogens (tertiary/aromatic N) is 1. The first-order chi connectivity index (χ1) is 8.77. The van der Waals surface area contributed by atoms with Gasteiger partial charge in [0.05, 0.1) is 12.3 Å². The second-order valence-electron chi connectivity index (χ2n) is 4.24. The molecule has 0 amide bonds. The minimum absolute atomic E-state index is 0.197. The van der Waals surface area contributed by atoms with Gasteiger partial charge in [0.1, 0.15) is 5.75 Å². The number of aliphatic hydroxyl groups is 1. The Hall–Kier alpha value is -1.26. The van der Waals surface area contributed by atoms with Crippen molar-refractivity contribution in [3.8, 4) is 5.75 Å². The maximum Gasteiger partial charge on any atom is 0.117 e. The van der Waals surface area contributed by atoms with E-state index in [1.165, 1.54) is 0 Å². The van der Waals surface area contributed by atoms with Crippen LogP contribution in [0.15, 0.2) is 24.3 Å². The number of aliphatic hydroxyl groups excluding tert-OH is 1. The van der Waals surface area contributed by atoms with Crippen molar-refractivity contribution in [3.05, 3.63) is 24.3 Å². The van der Waals surface area contributed by atoms with Gasteiger partial charge in [-0.25, -0.2) is 0 Å². The zero-order valence-electron chi connectivity index (χ0n) is 11.0. The van der Waals surface area contributed by atoms with Crippen LogP contribution in [0.3, 0.4) is 0 Å². The third-order valence-corrected chi connectivity index (χ3v) is 2.63. The molecule has 0 aromatic heterocycles. The summed E-state index contributed by atoms with van der Waals surface area (Å²) in [5.74, 6) is 0.235. The molecular weight excluding hydrogens is 230 g/mol. The van der Waals surface area contributed by atoms with E-state index in [9.17, 15) is 5.11 Å². The predicted molar refractivity (Wildman–Crippen MR) is 72.6 cm³/mol. The van der Waals surface area contributed by atoms with E-state index in [0.717, 1.165) is 31.4 Å². The molecule has 0 saturated carbocycles. The fraction of sp³-hybridized carbons (Fsp3) is 0.571. The summed E-state index contributed by atoms with van der Waals surface area (Å²) >= 11 is 0. The van der Waals surface area contributed by atoms with Crippen LogP contribution >= 0.6 is 0 Å². The first kappa shape index (κ1) is 14.8. The maximum atomic E-state index is 9.48. The first-order valence-electron chi connectivity index (χ1n) is 6.58. The lowest BCUT2D eigenvalue weighted by atomic mass is 10.2. The van der Waals surface area contributed by atoms with Gasteiger partial charge in [0, 0.05) is 19.2 Å². The van der Waals surface area contributed by atoms with E-state index in [4.69, 9.17) is 9.94 Å². The molecule has 102 valence electrons. The smallest absolute Gasteiger partial charge is 0.117 e. The lowest BCUT2D eigenvalue weighted by Crippen LogP contribution is -2.25. The first-order valence-corrected chi connectivity index (χ1v) is 6.58. The molecular formula is C14H23NO3. The van der Waals surface area contributed by atoms with Gasteiger partial charge in [-0.1, -0.05) is 19.4 Å². The fourth-order valence-electron chi connectivity index (χ4n) is 1.60. The number of anilines is 1. The highest BCUT2D eigenvalue weighted by atomic mass is 16.7. The number of hydrogen-bond acceptors (Lipinski definition) is 4. The largest absolute Gasteiger partial charge is 0.508 e. The highest BCUT2D eigenvalue weighted by molar-refractivity contribution is 5.48. The third-order valence-electron chi connectivity index (χ3n) is 2.63. The van der Waals surface area contributed by atoms with Crippen LogP contribution in [0.5, 0.6) is 5.75 Å². The molecule has 0 heterocycles. The SMILES string of the molecule is CCCCON(CCCCO)c1cccc(O)c1. The molecule has 0 radical (unpaired) electrons. The van der Waals surface area contributed by atoms with Crippen LogP contribution < -0.4 is 5.06 Å². The van der Waals surface area contributed by atoms with E-state index < -0.39 is 0 Å². The Bertz CT molecular complexity index is 321. The fourth-order valence-corrected chi connectivity index (χ4v) is 1.60. The van der Waals surface area contributed by atoms with Crippen molar-refractivity contribution in [3.63, 3.8) is 0 Å². The number of aromatic hydroxyl groups is 1. The molecule has 0 aliphatic rings. The van der Waals surface area contributed by atoms with Gasteiger partial charge in [-0.05, 0) is 31.4 Å². The van der Waals surface area contributed by atoms with Crippen LogP contribution in [0.4, 0.5) is 5.69 Å². The Morgan fingerprint density at radius 3 is 2.72 bits per heavy atom. The average molecular weight is 253 g/mol. The summed E-state index contributed by atoms with van der Waals surface area (Å²) in [5.41, 5.74) is 0.851. The Kier molecular flexibility index (Phi) is 7.22. The van der Waals surface area contributed by atoms with Crippen molar-refractivity contribution in [2.45, 2.75) is 32.6 Å². The molecule has 0 spiro atoms. The highest BCUT2D eigenvalue weighted by Gasteiger charge is 2.07. The van der Waals surface area contributed by atoms with Crippen molar-refractivity contribution < 1.29 is 15.1 Å². The van der Waals surface area contributed by atoms with E-state index in [1.54, 1.807) is 23.3 Å². The van der Waals surface area contributed by atoms with Crippen LogP contribution in [0.25, 0.3) is 0 Å². The van der Waals surface area contributed by atoms with Crippen molar-refractivity contribution in [2.75, 3.05) is 24.8 Å². The molecule has 1 rings (SSSR count). The number of rotatable bonds is 9. The van der Waals surface area contributed by atoms with Gasteiger partial charge in [-0.3, -0.25) is 9.90 Å².